The summed E-state index contributed by atoms with van der Waals surface area (Å²) in [5.41, 5.74) is 1.06. The molecule has 0 aliphatic heterocycles. The van der Waals surface area contributed by atoms with Crippen molar-refractivity contribution in [3.63, 3.8) is 0 Å². The van der Waals surface area contributed by atoms with Gasteiger partial charge in [0.05, 0.1) is 18.8 Å². The van der Waals surface area contributed by atoms with Crippen molar-refractivity contribution in [2.24, 2.45) is 0 Å². The molecule has 0 bridgehead atoms. The van der Waals surface area contributed by atoms with Crippen LogP contribution in [0.2, 0.25) is 0 Å². The maximum atomic E-state index is 13.9. The fraction of sp³-hybridized carbons (Fsp3) is 0.294. The summed E-state index contributed by atoms with van der Waals surface area (Å²) in [5, 5.41) is 10.1. The van der Waals surface area contributed by atoms with Gasteiger partial charge in [-0.25, -0.2) is 8.78 Å². The van der Waals surface area contributed by atoms with Gasteiger partial charge in [-0.2, -0.15) is 0 Å². The summed E-state index contributed by atoms with van der Waals surface area (Å²) in [6.07, 6.45) is -0.381. The standard InChI is InChI=1S/C17H18F2O2/c1-11-3-9-14(18)16(17(11)19)15(20)10-6-12-4-7-13(21-2)8-5-12/h3-5,7-9,15,20H,6,10H2,1-2H3. The molecule has 112 valence electrons. The van der Waals surface area contributed by atoms with E-state index in [0.717, 1.165) is 11.3 Å². The topological polar surface area (TPSA) is 29.5 Å². The second kappa shape index (κ2) is 6.68. The predicted octanol–water partition coefficient (Wildman–Crippen LogP) is 3.95. The summed E-state index contributed by atoms with van der Waals surface area (Å²) in [6.45, 7) is 1.55. The van der Waals surface area contributed by atoms with Gasteiger partial charge in [-0.05, 0) is 49.1 Å². The van der Waals surface area contributed by atoms with Gasteiger partial charge in [0.25, 0.3) is 0 Å². The van der Waals surface area contributed by atoms with Gasteiger partial charge in [0, 0.05) is 0 Å². The molecule has 0 saturated heterocycles. The van der Waals surface area contributed by atoms with E-state index in [1.807, 2.05) is 24.3 Å². The molecule has 0 aliphatic rings. The number of methoxy groups -OCH3 is 1. The Morgan fingerprint density at radius 2 is 1.76 bits per heavy atom. The van der Waals surface area contributed by atoms with Crippen LogP contribution in [0.3, 0.4) is 0 Å². The van der Waals surface area contributed by atoms with E-state index in [-0.39, 0.29) is 12.0 Å². The molecular formula is C17H18F2O2. The zero-order chi connectivity index (χ0) is 15.4. The lowest BCUT2D eigenvalue weighted by Gasteiger charge is -2.14. The van der Waals surface area contributed by atoms with E-state index in [0.29, 0.717) is 12.0 Å². The van der Waals surface area contributed by atoms with Crippen LogP contribution in [0.15, 0.2) is 36.4 Å². The molecule has 0 fully saturated rings. The molecule has 0 saturated carbocycles. The van der Waals surface area contributed by atoms with Crippen LogP contribution in [0.25, 0.3) is 0 Å². The molecule has 2 rings (SSSR count). The maximum Gasteiger partial charge on any atom is 0.134 e. The number of ether oxygens (including phenoxy) is 1. The molecule has 2 nitrogen and oxygen atoms in total. The molecular weight excluding hydrogens is 274 g/mol. The Bertz CT molecular complexity index is 609. The normalized spacial score (nSPS) is 12.2. The quantitative estimate of drug-likeness (QED) is 0.904. The average Bonchev–Trinajstić information content (AvgIpc) is 2.50. The summed E-state index contributed by atoms with van der Waals surface area (Å²) < 4.78 is 32.7. The molecule has 0 spiro atoms. The molecule has 0 heterocycles. The zero-order valence-corrected chi connectivity index (χ0v) is 12.1. The first-order valence-electron chi connectivity index (χ1n) is 6.78. The number of hydrogen-bond acceptors (Lipinski definition) is 2. The highest BCUT2D eigenvalue weighted by atomic mass is 19.1. The molecule has 1 N–H and O–H groups in total. The SMILES string of the molecule is COc1ccc(CCC(O)c2c(F)ccc(C)c2F)cc1. The first-order valence-corrected chi connectivity index (χ1v) is 6.78. The van der Waals surface area contributed by atoms with Gasteiger partial charge in [-0.15, -0.1) is 0 Å². The van der Waals surface area contributed by atoms with Gasteiger partial charge < -0.3 is 9.84 Å². The molecule has 4 heteroatoms. The van der Waals surface area contributed by atoms with Gasteiger partial charge >= 0.3 is 0 Å². The van der Waals surface area contributed by atoms with Crippen molar-refractivity contribution < 1.29 is 18.6 Å². The van der Waals surface area contributed by atoms with Gasteiger partial charge in [0.2, 0.25) is 0 Å². The van der Waals surface area contributed by atoms with Gasteiger partial charge in [-0.1, -0.05) is 18.2 Å². The van der Waals surface area contributed by atoms with Gasteiger partial charge in [0.1, 0.15) is 17.4 Å². The van der Waals surface area contributed by atoms with Crippen LogP contribution >= 0.6 is 0 Å². The van der Waals surface area contributed by atoms with Crippen molar-refractivity contribution in [2.75, 3.05) is 7.11 Å². The van der Waals surface area contributed by atoms with E-state index in [4.69, 9.17) is 4.74 Å². The molecule has 21 heavy (non-hydrogen) atoms. The van der Waals surface area contributed by atoms with Crippen molar-refractivity contribution >= 4 is 0 Å². The average molecular weight is 292 g/mol. The highest BCUT2D eigenvalue weighted by molar-refractivity contribution is 5.30. The Kier molecular flexibility index (Phi) is 4.91. The second-order valence-electron chi connectivity index (χ2n) is 4.99. The third-order valence-electron chi connectivity index (χ3n) is 3.52. The lowest BCUT2D eigenvalue weighted by molar-refractivity contribution is 0.158. The monoisotopic (exact) mass is 292 g/mol. The first kappa shape index (κ1) is 15.4. The number of benzene rings is 2. The Hall–Kier alpha value is -1.94. The molecule has 0 aromatic heterocycles. The van der Waals surface area contributed by atoms with E-state index in [9.17, 15) is 13.9 Å². The van der Waals surface area contributed by atoms with Crippen molar-refractivity contribution in [3.8, 4) is 5.75 Å². The molecule has 2 aromatic carbocycles. The van der Waals surface area contributed by atoms with Crippen LogP contribution in [0.1, 0.15) is 29.2 Å². The van der Waals surface area contributed by atoms with E-state index >= 15 is 0 Å². The van der Waals surface area contributed by atoms with Crippen LogP contribution in [0, 0.1) is 18.6 Å². The minimum absolute atomic E-state index is 0.247. The number of aryl methyl sites for hydroxylation is 2. The smallest absolute Gasteiger partial charge is 0.134 e. The summed E-state index contributed by atoms with van der Waals surface area (Å²) in [6, 6.07) is 9.92. The summed E-state index contributed by atoms with van der Waals surface area (Å²) in [4.78, 5) is 0. The fourth-order valence-electron chi connectivity index (χ4n) is 2.22. The Balaban J connectivity index is 2.08. The van der Waals surface area contributed by atoms with Crippen LogP contribution in [0.5, 0.6) is 5.75 Å². The number of halogens is 2. The molecule has 1 atom stereocenters. The van der Waals surface area contributed by atoms with Crippen molar-refractivity contribution in [1.29, 1.82) is 0 Å². The molecule has 0 amide bonds. The third-order valence-corrected chi connectivity index (χ3v) is 3.52. The highest BCUT2D eigenvalue weighted by Gasteiger charge is 2.19. The van der Waals surface area contributed by atoms with Crippen molar-refractivity contribution in [3.05, 3.63) is 64.7 Å². The van der Waals surface area contributed by atoms with Crippen LogP contribution < -0.4 is 4.74 Å². The molecule has 0 radical (unpaired) electrons. The van der Waals surface area contributed by atoms with E-state index < -0.39 is 17.7 Å². The summed E-state index contributed by atoms with van der Waals surface area (Å²) in [5.74, 6) is -0.632. The second-order valence-corrected chi connectivity index (χ2v) is 4.99. The Labute approximate surface area is 123 Å². The predicted molar refractivity (Wildman–Crippen MR) is 77.4 cm³/mol. The number of rotatable bonds is 5. The van der Waals surface area contributed by atoms with Gasteiger partial charge in [0.15, 0.2) is 0 Å². The minimum atomic E-state index is -1.16. The number of aliphatic hydroxyl groups is 1. The van der Waals surface area contributed by atoms with E-state index in [2.05, 4.69) is 0 Å². The molecule has 2 aromatic rings. The van der Waals surface area contributed by atoms with Crippen molar-refractivity contribution in [2.45, 2.75) is 25.9 Å². The third kappa shape index (κ3) is 3.58. The Morgan fingerprint density at radius 3 is 2.38 bits per heavy atom. The molecule has 1 unspecified atom stereocenters. The van der Waals surface area contributed by atoms with Crippen molar-refractivity contribution in [1.82, 2.24) is 0 Å². The number of aliphatic hydroxyl groups excluding tert-OH is 1. The Morgan fingerprint density at radius 1 is 1.10 bits per heavy atom. The lowest BCUT2D eigenvalue weighted by atomic mass is 9.99. The summed E-state index contributed by atoms with van der Waals surface area (Å²) in [7, 11) is 1.59. The van der Waals surface area contributed by atoms with Crippen LogP contribution in [0.4, 0.5) is 8.78 Å². The largest absolute Gasteiger partial charge is 0.497 e. The lowest BCUT2D eigenvalue weighted by Crippen LogP contribution is -2.07. The number of hydrogen-bond donors (Lipinski definition) is 1. The first-order chi connectivity index (χ1) is 10.0. The van der Waals surface area contributed by atoms with Crippen LogP contribution in [-0.4, -0.2) is 12.2 Å². The van der Waals surface area contributed by atoms with E-state index in [1.165, 1.54) is 12.1 Å². The summed E-state index contributed by atoms with van der Waals surface area (Å²) >= 11 is 0. The van der Waals surface area contributed by atoms with Crippen LogP contribution in [-0.2, 0) is 6.42 Å². The maximum absolute atomic E-state index is 13.9. The zero-order valence-electron chi connectivity index (χ0n) is 12.1. The molecule has 0 aliphatic carbocycles. The fourth-order valence-corrected chi connectivity index (χ4v) is 2.22. The van der Waals surface area contributed by atoms with E-state index in [1.54, 1.807) is 14.0 Å². The highest BCUT2D eigenvalue weighted by Crippen LogP contribution is 2.26. The van der Waals surface area contributed by atoms with Gasteiger partial charge in [-0.3, -0.25) is 0 Å². The minimum Gasteiger partial charge on any atom is -0.497 e.